The fourth-order valence-corrected chi connectivity index (χ4v) is 2.55. The number of rotatable bonds is 3. The number of methoxy groups -OCH3 is 1. The van der Waals surface area contributed by atoms with Gasteiger partial charge in [-0.15, -0.1) is 0 Å². The fraction of sp³-hybridized carbons (Fsp3) is 0.583. The van der Waals surface area contributed by atoms with Crippen LogP contribution >= 0.6 is 11.6 Å². The molecule has 0 amide bonds. The van der Waals surface area contributed by atoms with Crippen molar-refractivity contribution in [2.75, 3.05) is 25.1 Å². The third kappa shape index (κ3) is 2.70. The molecule has 17 heavy (non-hydrogen) atoms. The highest BCUT2D eigenvalue weighted by Gasteiger charge is 2.29. The van der Waals surface area contributed by atoms with E-state index in [9.17, 15) is 0 Å². The molecule has 2 N–H and O–H groups in total. The summed E-state index contributed by atoms with van der Waals surface area (Å²) in [5, 5.41) is 0.682. The van der Waals surface area contributed by atoms with Gasteiger partial charge in [0.25, 0.3) is 0 Å². The Morgan fingerprint density at radius 3 is 3.12 bits per heavy atom. The van der Waals surface area contributed by atoms with Crippen molar-refractivity contribution in [2.45, 2.75) is 25.0 Å². The predicted octanol–water partition coefficient (Wildman–Crippen LogP) is 1.68. The Hall–Kier alpha value is -0.840. The third-order valence-electron chi connectivity index (χ3n) is 3.28. The fourth-order valence-electron chi connectivity index (χ4n) is 2.32. The molecule has 1 aliphatic rings. The number of piperidine rings is 1. The monoisotopic (exact) mass is 255 g/mol. The molecule has 1 fully saturated rings. The second kappa shape index (κ2) is 5.67. The molecule has 0 aliphatic carbocycles. The predicted molar refractivity (Wildman–Crippen MR) is 69.5 cm³/mol. The van der Waals surface area contributed by atoms with Crippen LogP contribution in [-0.4, -0.2) is 37.3 Å². The number of nitrogens with two attached hydrogens (primary N) is 1. The van der Waals surface area contributed by atoms with Crippen LogP contribution in [0.3, 0.4) is 0 Å². The van der Waals surface area contributed by atoms with E-state index in [1.54, 1.807) is 13.3 Å². The van der Waals surface area contributed by atoms with Gasteiger partial charge in [0.15, 0.2) is 0 Å². The zero-order valence-corrected chi connectivity index (χ0v) is 10.7. The van der Waals surface area contributed by atoms with E-state index in [0.717, 1.165) is 25.2 Å². The molecule has 0 spiro atoms. The molecule has 94 valence electrons. The van der Waals surface area contributed by atoms with Crippen LogP contribution in [0.2, 0.25) is 5.02 Å². The molecule has 2 unspecified atom stereocenters. The normalized spacial score (nSPS) is 25.0. The number of ether oxygens (including phenoxy) is 1. The van der Waals surface area contributed by atoms with Crippen LogP contribution in [0.1, 0.15) is 12.8 Å². The van der Waals surface area contributed by atoms with Crippen LogP contribution < -0.4 is 10.6 Å². The van der Waals surface area contributed by atoms with Crippen molar-refractivity contribution in [3.8, 4) is 0 Å². The molecule has 0 radical (unpaired) electrons. The summed E-state index contributed by atoms with van der Waals surface area (Å²) in [6.45, 7) is 1.48. The molecule has 0 aromatic carbocycles. The molecule has 4 nitrogen and oxygen atoms in total. The van der Waals surface area contributed by atoms with Gasteiger partial charge in [-0.3, -0.25) is 0 Å². The first-order valence-corrected chi connectivity index (χ1v) is 6.24. The van der Waals surface area contributed by atoms with Gasteiger partial charge < -0.3 is 15.4 Å². The second-order valence-electron chi connectivity index (χ2n) is 4.27. The van der Waals surface area contributed by atoms with Gasteiger partial charge in [-0.05, 0) is 25.0 Å². The molecule has 1 saturated heterocycles. The highest BCUT2D eigenvalue weighted by atomic mass is 35.5. The van der Waals surface area contributed by atoms with Gasteiger partial charge in [0.1, 0.15) is 5.82 Å². The van der Waals surface area contributed by atoms with E-state index >= 15 is 0 Å². The van der Waals surface area contributed by atoms with Gasteiger partial charge >= 0.3 is 0 Å². The molecule has 1 aliphatic heterocycles. The standard InChI is InChI=1S/C12H18ClN3O/c1-17-10-4-6-16(9(7-10)8-14)12-11(13)3-2-5-15-12/h2-3,5,9-10H,4,6-8,14H2,1H3. The molecule has 2 atom stereocenters. The second-order valence-corrected chi connectivity index (χ2v) is 4.68. The minimum Gasteiger partial charge on any atom is -0.381 e. The zero-order chi connectivity index (χ0) is 12.3. The van der Waals surface area contributed by atoms with Crippen molar-refractivity contribution in [2.24, 2.45) is 5.73 Å². The number of aromatic nitrogens is 1. The summed E-state index contributed by atoms with van der Waals surface area (Å²) in [6.07, 6.45) is 3.97. The number of pyridine rings is 1. The molecule has 1 aromatic rings. The Balaban J connectivity index is 2.18. The van der Waals surface area contributed by atoms with Gasteiger partial charge in [-0.2, -0.15) is 0 Å². The number of halogens is 1. The molecule has 2 heterocycles. The van der Waals surface area contributed by atoms with E-state index in [2.05, 4.69) is 9.88 Å². The smallest absolute Gasteiger partial charge is 0.147 e. The Kier molecular flexibility index (Phi) is 4.20. The van der Waals surface area contributed by atoms with Gasteiger partial charge in [0.2, 0.25) is 0 Å². The molecule has 5 heteroatoms. The Labute approximate surface area is 107 Å². The Morgan fingerprint density at radius 2 is 2.47 bits per heavy atom. The molecule has 1 aromatic heterocycles. The molecule has 0 bridgehead atoms. The zero-order valence-electron chi connectivity index (χ0n) is 9.97. The van der Waals surface area contributed by atoms with Crippen molar-refractivity contribution in [1.82, 2.24) is 4.98 Å². The summed E-state index contributed by atoms with van der Waals surface area (Å²) in [5.41, 5.74) is 5.83. The van der Waals surface area contributed by atoms with E-state index in [-0.39, 0.29) is 6.04 Å². The van der Waals surface area contributed by atoms with Gasteiger partial charge in [0.05, 0.1) is 11.1 Å². The Morgan fingerprint density at radius 1 is 1.65 bits per heavy atom. The van der Waals surface area contributed by atoms with Crippen molar-refractivity contribution in [1.29, 1.82) is 0 Å². The highest BCUT2D eigenvalue weighted by molar-refractivity contribution is 6.32. The lowest BCUT2D eigenvalue weighted by Gasteiger charge is -2.39. The van der Waals surface area contributed by atoms with Gasteiger partial charge in [-0.1, -0.05) is 11.6 Å². The maximum atomic E-state index is 6.17. The third-order valence-corrected chi connectivity index (χ3v) is 3.58. The average Bonchev–Trinajstić information content (AvgIpc) is 2.38. The largest absolute Gasteiger partial charge is 0.381 e. The highest BCUT2D eigenvalue weighted by Crippen LogP contribution is 2.29. The topological polar surface area (TPSA) is 51.4 Å². The summed E-state index contributed by atoms with van der Waals surface area (Å²) in [4.78, 5) is 6.54. The molecule has 0 saturated carbocycles. The SMILES string of the molecule is COC1CCN(c2ncccc2Cl)C(CN)C1. The lowest BCUT2D eigenvalue weighted by molar-refractivity contribution is 0.0708. The minimum atomic E-state index is 0.251. The quantitative estimate of drug-likeness (QED) is 0.893. The van der Waals surface area contributed by atoms with Crippen LogP contribution in [0, 0.1) is 0 Å². The molecule has 2 rings (SSSR count). The van der Waals surface area contributed by atoms with Crippen LogP contribution in [0.15, 0.2) is 18.3 Å². The van der Waals surface area contributed by atoms with E-state index < -0.39 is 0 Å². The summed E-state index contributed by atoms with van der Waals surface area (Å²) in [6, 6.07) is 3.95. The van der Waals surface area contributed by atoms with E-state index in [4.69, 9.17) is 22.1 Å². The number of nitrogens with zero attached hydrogens (tertiary/aromatic N) is 2. The van der Waals surface area contributed by atoms with E-state index in [1.165, 1.54) is 0 Å². The molecular weight excluding hydrogens is 238 g/mol. The van der Waals surface area contributed by atoms with E-state index in [1.807, 2.05) is 12.1 Å². The Bertz CT molecular complexity index is 375. The summed E-state index contributed by atoms with van der Waals surface area (Å²) in [7, 11) is 1.75. The average molecular weight is 256 g/mol. The van der Waals surface area contributed by atoms with Crippen molar-refractivity contribution >= 4 is 17.4 Å². The number of hydrogen-bond acceptors (Lipinski definition) is 4. The van der Waals surface area contributed by atoms with Crippen LogP contribution in [0.5, 0.6) is 0 Å². The first-order valence-electron chi connectivity index (χ1n) is 5.86. The van der Waals surface area contributed by atoms with Crippen LogP contribution in [-0.2, 0) is 4.74 Å². The first-order chi connectivity index (χ1) is 8.26. The van der Waals surface area contributed by atoms with Gasteiger partial charge in [0, 0.05) is 32.4 Å². The van der Waals surface area contributed by atoms with Crippen LogP contribution in [0.25, 0.3) is 0 Å². The summed E-state index contributed by atoms with van der Waals surface area (Å²) >= 11 is 6.17. The van der Waals surface area contributed by atoms with Gasteiger partial charge in [-0.25, -0.2) is 4.98 Å². The van der Waals surface area contributed by atoms with Crippen molar-refractivity contribution in [3.05, 3.63) is 23.4 Å². The van der Waals surface area contributed by atoms with E-state index in [0.29, 0.717) is 17.7 Å². The number of hydrogen-bond donors (Lipinski definition) is 1. The first kappa shape index (κ1) is 12.6. The minimum absolute atomic E-state index is 0.251. The van der Waals surface area contributed by atoms with Crippen molar-refractivity contribution < 1.29 is 4.74 Å². The summed E-state index contributed by atoms with van der Waals surface area (Å²) in [5.74, 6) is 0.833. The number of anilines is 1. The lowest BCUT2D eigenvalue weighted by atomic mass is 9.99. The maximum Gasteiger partial charge on any atom is 0.147 e. The lowest BCUT2D eigenvalue weighted by Crippen LogP contribution is -2.49. The van der Waals surface area contributed by atoms with Crippen molar-refractivity contribution in [3.63, 3.8) is 0 Å². The van der Waals surface area contributed by atoms with Crippen LogP contribution in [0.4, 0.5) is 5.82 Å². The molecular formula is C12H18ClN3O. The summed E-state index contributed by atoms with van der Waals surface area (Å²) < 4.78 is 5.40. The maximum absolute atomic E-state index is 6.17.